The maximum atomic E-state index is 9.35. The van der Waals surface area contributed by atoms with Crippen molar-refractivity contribution in [2.75, 3.05) is 13.6 Å². The van der Waals surface area contributed by atoms with Crippen LogP contribution in [0.4, 0.5) is 0 Å². The first-order chi connectivity index (χ1) is 10.5. The molecule has 5 heteroatoms. The van der Waals surface area contributed by atoms with Crippen molar-refractivity contribution in [2.45, 2.75) is 26.7 Å². The van der Waals surface area contributed by atoms with Crippen molar-refractivity contribution in [3.05, 3.63) is 34.9 Å². The van der Waals surface area contributed by atoms with Gasteiger partial charge in [0.1, 0.15) is 0 Å². The van der Waals surface area contributed by atoms with Gasteiger partial charge in [-0.25, -0.2) is 0 Å². The Labute approximate surface area is 132 Å². The summed E-state index contributed by atoms with van der Waals surface area (Å²) in [7, 11) is 1.68. The van der Waals surface area contributed by atoms with Crippen LogP contribution in [0.3, 0.4) is 0 Å². The first-order valence-corrected chi connectivity index (χ1v) is 7.07. The summed E-state index contributed by atoms with van der Waals surface area (Å²) in [6.45, 7) is 4.30. The van der Waals surface area contributed by atoms with Gasteiger partial charge < -0.3 is 5.32 Å². The van der Waals surface area contributed by atoms with E-state index in [-0.39, 0.29) is 0 Å². The Morgan fingerprint density at radius 3 is 2.73 bits per heavy atom. The first kappa shape index (κ1) is 17.4. The van der Waals surface area contributed by atoms with Gasteiger partial charge in [0.05, 0.1) is 43.2 Å². The number of hydrogen-bond donors (Lipinski definition) is 1. The minimum Gasteiger partial charge on any atom is -0.338 e. The minimum absolute atomic E-state index is 0.351. The van der Waals surface area contributed by atoms with Crippen LogP contribution >= 0.6 is 0 Å². The third-order valence-corrected chi connectivity index (χ3v) is 3.28. The monoisotopic (exact) mass is 295 g/mol. The van der Waals surface area contributed by atoms with Crippen LogP contribution in [-0.2, 0) is 0 Å². The second-order valence-corrected chi connectivity index (χ2v) is 5.48. The molecule has 0 radical (unpaired) electrons. The van der Waals surface area contributed by atoms with E-state index in [0.717, 1.165) is 23.1 Å². The predicted molar refractivity (Wildman–Crippen MR) is 89.4 cm³/mol. The van der Waals surface area contributed by atoms with Crippen molar-refractivity contribution in [1.29, 1.82) is 10.5 Å². The third kappa shape index (κ3) is 5.38. The molecule has 0 aromatic rings. The highest BCUT2D eigenvalue weighted by atomic mass is 15.0. The molecule has 0 saturated carbocycles. The van der Waals surface area contributed by atoms with Gasteiger partial charge in [-0.3, -0.25) is 9.98 Å². The number of nitriles is 2. The minimum atomic E-state index is -0.596. The van der Waals surface area contributed by atoms with Crippen molar-refractivity contribution in [3.8, 4) is 12.1 Å². The number of nitrogens with zero attached hydrogens (tertiary/aromatic N) is 4. The van der Waals surface area contributed by atoms with Crippen LogP contribution in [-0.4, -0.2) is 26.3 Å². The fourth-order valence-corrected chi connectivity index (χ4v) is 1.91. The van der Waals surface area contributed by atoms with Gasteiger partial charge >= 0.3 is 0 Å². The van der Waals surface area contributed by atoms with Gasteiger partial charge in [0.25, 0.3) is 0 Å². The SMILES string of the molecule is CN=CNC=NCC1=CC(C(C)(C)C#N)=CC(CC#N)=CC1. The van der Waals surface area contributed by atoms with Crippen molar-refractivity contribution < 1.29 is 0 Å². The Bertz CT molecular complexity index is 618. The molecule has 1 rings (SSSR count). The lowest BCUT2D eigenvalue weighted by Gasteiger charge is -2.17. The second kappa shape index (κ2) is 8.59. The first-order valence-electron chi connectivity index (χ1n) is 7.07. The molecule has 0 aromatic heterocycles. The van der Waals surface area contributed by atoms with Gasteiger partial charge in [0.2, 0.25) is 0 Å². The van der Waals surface area contributed by atoms with Crippen LogP contribution in [0.15, 0.2) is 44.9 Å². The fraction of sp³-hybridized carbons (Fsp3) is 0.412. The van der Waals surface area contributed by atoms with Gasteiger partial charge in [-0.05, 0) is 37.0 Å². The highest BCUT2D eigenvalue weighted by Crippen LogP contribution is 2.31. The normalized spacial score (nSPS) is 15.6. The second-order valence-electron chi connectivity index (χ2n) is 5.48. The molecule has 0 fully saturated rings. The lowest BCUT2D eigenvalue weighted by atomic mass is 9.84. The van der Waals surface area contributed by atoms with Gasteiger partial charge in [-0.1, -0.05) is 18.2 Å². The van der Waals surface area contributed by atoms with Crippen LogP contribution in [0, 0.1) is 28.1 Å². The number of aliphatic imine (C=N–C) groups is 2. The summed E-state index contributed by atoms with van der Waals surface area (Å²) < 4.78 is 0. The number of allylic oxidation sites excluding steroid dienone is 5. The zero-order chi connectivity index (χ0) is 16.4. The maximum absolute atomic E-state index is 9.35. The van der Waals surface area contributed by atoms with Gasteiger partial charge in [-0.2, -0.15) is 10.5 Å². The molecule has 0 spiro atoms. The molecule has 1 N–H and O–H groups in total. The molecule has 114 valence electrons. The Kier molecular flexibility index (Phi) is 6.79. The van der Waals surface area contributed by atoms with Crippen LogP contribution < -0.4 is 5.32 Å². The van der Waals surface area contributed by atoms with E-state index in [2.05, 4.69) is 27.4 Å². The maximum Gasteiger partial charge on any atom is 0.0878 e. The lowest BCUT2D eigenvalue weighted by Crippen LogP contribution is -2.11. The quantitative estimate of drug-likeness (QED) is 0.604. The summed E-state index contributed by atoms with van der Waals surface area (Å²) in [5.41, 5.74) is 2.38. The summed E-state index contributed by atoms with van der Waals surface area (Å²) in [5, 5.41) is 21.1. The van der Waals surface area contributed by atoms with Crippen LogP contribution in [0.5, 0.6) is 0 Å². The number of rotatable bonds is 6. The van der Waals surface area contributed by atoms with Crippen molar-refractivity contribution in [2.24, 2.45) is 15.4 Å². The predicted octanol–water partition coefficient (Wildman–Crippen LogP) is 2.91. The smallest absolute Gasteiger partial charge is 0.0878 e. The Balaban J connectivity index is 2.96. The van der Waals surface area contributed by atoms with E-state index in [0.29, 0.717) is 13.0 Å². The lowest BCUT2D eigenvalue weighted by molar-refractivity contribution is 0.611. The van der Waals surface area contributed by atoms with E-state index in [9.17, 15) is 5.26 Å². The van der Waals surface area contributed by atoms with E-state index in [1.807, 2.05) is 32.1 Å². The molecule has 0 heterocycles. The van der Waals surface area contributed by atoms with Crippen molar-refractivity contribution >= 4 is 12.7 Å². The van der Waals surface area contributed by atoms with Gasteiger partial charge in [0.15, 0.2) is 0 Å². The zero-order valence-electron chi connectivity index (χ0n) is 13.3. The Morgan fingerprint density at radius 2 is 2.09 bits per heavy atom. The molecule has 1 aliphatic rings. The van der Waals surface area contributed by atoms with E-state index in [4.69, 9.17) is 5.26 Å². The topological polar surface area (TPSA) is 84.3 Å². The Hall–Kier alpha value is -2.66. The molecule has 0 aromatic carbocycles. The third-order valence-electron chi connectivity index (χ3n) is 3.28. The summed E-state index contributed by atoms with van der Waals surface area (Å²) in [5.74, 6) is 0. The molecule has 0 atom stereocenters. The molecular weight excluding hydrogens is 274 g/mol. The van der Waals surface area contributed by atoms with E-state index >= 15 is 0 Å². The molecule has 5 nitrogen and oxygen atoms in total. The van der Waals surface area contributed by atoms with Crippen LogP contribution in [0.25, 0.3) is 0 Å². The summed E-state index contributed by atoms with van der Waals surface area (Å²) in [6, 6.07) is 4.48. The molecular formula is C17H21N5. The van der Waals surface area contributed by atoms with Crippen LogP contribution in [0.2, 0.25) is 0 Å². The number of hydrogen-bond acceptors (Lipinski definition) is 4. The molecule has 22 heavy (non-hydrogen) atoms. The summed E-state index contributed by atoms with van der Waals surface area (Å²) in [6.07, 6.45) is 10.2. The Morgan fingerprint density at radius 1 is 1.32 bits per heavy atom. The van der Waals surface area contributed by atoms with Gasteiger partial charge in [-0.15, -0.1) is 0 Å². The average Bonchev–Trinajstić information content (AvgIpc) is 2.71. The van der Waals surface area contributed by atoms with Crippen LogP contribution in [0.1, 0.15) is 26.7 Å². The number of nitrogens with one attached hydrogen (secondary N) is 1. The van der Waals surface area contributed by atoms with Crippen molar-refractivity contribution in [3.63, 3.8) is 0 Å². The molecule has 0 aliphatic heterocycles. The van der Waals surface area contributed by atoms with E-state index < -0.39 is 5.41 Å². The molecule has 0 unspecified atom stereocenters. The highest BCUT2D eigenvalue weighted by molar-refractivity contribution is 5.74. The summed E-state index contributed by atoms with van der Waals surface area (Å²) >= 11 is 0. The summed E-state index contributed by atoms with van der Waals surface area (Å²) in [4.78, 5) is 8.08. The van der Waals surface area contributed by atoms with E-state index in [1.54, 1.807) is 19.7 Å². The van der Waals surface area contributed by atoms with Crippen molar-refractivity contribution in [1.82, 2.24) is 5.32 Å². The zero-order valence-corrected chi connectivity index (χ0v) is 13.3. The average molecular weight is 295 g/mol. The molecule has 1 aliphatic carbocycles. The molecule has 0 bridgehead atoms. The molecule has 0 saturated heterocycles. The molecule has 0 amide bonds. The largest absolute Gasteiger partial charge is 0.338 e. The highest BCUT2D eigenvalue weighted by Gasteiger charge is 2.22. The standard InChI is InChI=1S/C17H21N5/c1-17(2,11-19)16-8-14(6-7-18)4-5-15(9-16)10-21-13-22-12-20-3/h4,8-9,12-13H,5-6,10H2,1-3H3,(H,20,21,22). The fourth-order valence-electron chi connectivity index (χ4n) is 1.91. The van der Waals surface area contributed by atoms with Gasteiger partial charge in [0, 0.05) is 7.05 Å². The van der Waals surface area contributed by atoms with E-state index in [1.165, 1.54) is 0 Å².